The van der Waals surface area contributed by atoms with Gasteiger partial charge in [0.25, 0.3) is 5.91 Å². The predicted octanol–water partition coefficient (Wildman–Crippen LogP) is 3.96. The summed E-state index contributed by atoms with van der Waals surface area (Å²) in [6, 6.07) is 16.5. The molecular formula is C18H17NO3S2. The van der Waals surface area contributed by atoms with Gasteiger partial charge in [-0.05, 0) is 29.8 Å². The van der Waals surface area contributed by atoms with Crippen molar-refractivity contribution in [1.29, 1.82) is 0 Å². The van der Waals surface area contributed by atoms with Gasteiger partial charge in [-0.3, -0.25) is 4.79 Å². The minimum absolute atomic E-state index is 0.302. The highest BCUT2D eigenvalue weighted by atomic mass is 32.2. The van der Waals surface area contributed by atoms with Crippen molar-refractivity contribution in [2.45, 2.75) is 4.58 Å². The van der Waals surface area contributed by atoms with Crippen molar-refractivity contribution in [2.75, 3.05) is 23.4 Å². The molecule has 1 aliphatic rings. The summed E-state index contributed by atoms with van der Waals surface area (Å²) in [5.74, 6) is 1.48. The Balaban J connectivity index is 1.50. The molecular weight excluding hydrogens is 342 g/mol. The van der Waals surface area contributed by atoms with Crippen LogP contribution in [0.1, 0.15) is 20.5 Å². The molecule has 0 radical (unpaired) electrons. The van der Waals surface area contributed by atoms with Crippen molar-refractivity contribution in [3.05, 3.63) is 65.7 Å². The highest BCUT2D eigenvalue weighted by Gasteiger charge is 2.18. The Kier molecular flexibility index (Phi) is 5.82. The van der Waals surface area contributed by atoms with E-state index in [0.717, 1.165) is 11.5 Å². The highest BCUT2D eigenvalue weighted by molar-refractivity contribution is 8.19. The van der Waals surface area contributed by atoms with E-state index < -0.39 is 5.97 Å². The molecule has 1 saturated heterocycles. The molecule has 6 heteroatoms. The summed E-state index contributed by atoms with van der Waals surface area (Å²) in [5.41, 5.74) is 2.34. The van der Waals surface area contributed by atoms with Crippen LogP contribution in [0.4, 0.5) is 5.69 Å². The van der Waals surface area contributed by atoms with Crippen LogP contribution in [0.2, 0.25) is 0 Å². The lowest BCUT2D eigenvalue weighted by atomic mass is 10.1. The van der Waals surface area contributed by atoms with Crippen LogP contribution in [-0.2, 0) is 9.53 Å². The quantitative estimate of drug-likeness (QED) is 0.819. The van der Waals surface area contributed by atoms with Gasteiger partial charge in [0.1, 0.15) is 0 Å². The molecule has 0 aliphatic carbocycles. The topological polar surface area (TPSA) is 55.4 Å². The van der Waals surface area contributed by atoms with Crippen molar-refractivity contribution in [1.82, 2.24) is 0 Å². The summed E-state index contributed by atoms with van der Waals surface area (Å²) in [4.78, 5) is 23.8. The number of rotatable bonds is 5. The summed E-state index contributed by atoms with van der Waals surface area (Å²) < 4.78 is 5.52. The van der Waals surface area contributed by atoms with Gasteiger partial charge in [-0.25, -0.2) is 4.79 Å². The van der Waals surface area contributed by atoms with Gasteiger partial charge < -0.3 is 10.1 Å². The number of carbonyl (C=O) groups excluding carboxylic acids is 2. The Bertz CT molecular complexity index is 698. The minimum Gasteiger partial charge on any atom is -0.452 e. The number of thioether (sulfide) groups is 2. The third kappa shape index (κ3) is 4.55. The molecule has 1 aliphatic heterocycles. The van der Waals surface area contributed by atoms with Crippen LogP contribution in [0.25, 0.3) is 0 Å². The maximum absolute atomic E-state index is 12.0. The molecule has 0 unspecified atom stereocenters. The molecule has 3 rings (SSSR count). The maximum Gasteiger partial charge on any atom is 0.338 e. The molecule has 0 saturated carbocycles. The van der Waals surface area contributed by atoms with E-state index >= 15 is 0 Å². The Morgan fingerprint density at radius 3 is 2.33 bits per heavy atom. The molecule has 4 nitrogen and oxygen atoms in total. The van der Waals surface area contributed by atoms with Crippen LogP contribution in [0, 0.1) is 0 Å². The lowest BCUT2D eigenvalue weighted by Crippen LogP contribution is -2.20. The van der Waals surface area contributed by atoms with Crippen LogP contribution in [0.15, 0.2) is 54.6 Å². The number of hydrogen-bond donors (Lipinski definition) is 1. The predicted molar refractivity (Wildman–Crippen MR) is 99.5 cm³/mol. The van der Waals surface area contributed by atoms with E-state index in [1.54, 1.807) is 24.3 Å². The van der Waals surface area contributed by atoms with Gasteiger partial charge in [0.2, 0.25) is 0 Å². The van der Waals surface area contributed by atoms with Gasteiger partial charge in [-0.1, -0.05) is 30.3 Å². The fourth-order valence-corrected chi connectivity index (χ4v) is 5.12. The molecule has 0 bridgehead atoms. The van der Waals surface area contributed by atoms with Crippen molar-refractivity contribution in [2.24, 2.45) is 0 Å². The number of anilines is 1. The number of amides is 1. The first-order chi connectivity index (χ1) is 11.7. The van der Waals surface area contributed by atoms with Crippen LogP contribution >= 0.6 is 23.5 Å². The fourth-order valence-electron chi connectivity index (χ4n) is 2.26. The number of carbonyl (C=O) groups is 2. The number of esters is 1. The van der Waals surface area contributed by atoms with E-state index in [9.17, 15) is 9.59 Å². The first kappa shape index (κ1) is 16.9. The van der Waals surface area contributed by atoms with Gasteiger partial charge in [0.15, 0.2) is 6.61 Å². The average Bonchev–Trinajstić information content (AvgIpc) is 3.15. The summed E-state index contributed by atoms with van der Waals surface area (Å²) in [5, 5.41) is 2.67. The van der Waals surface area contributed by atoms with Crippen LogP contribution in [0.5, 0.6) is 0 Å². The molecule has 124 valence electrons. The van der Waals surface area contributed by atoms with Crippen molar-refractivity contribution in [3.63, 3.8) is 0 Å². The van der Waals surface area contributed by atoms with Crippen molar-refractivity contribution >= 4 is 41.1 Å². The van der Waals surface area contributed by atoms with E-state index in [2.05, 4.69) is 5.32 Å². The molecule has 2 aromatic carbocycles. The number of para-hydroxylation sites is 1. The Labute approximate surface area is 149 Å². The standard InChI is InChI=1S/C18H17NO3S2/c20-16(19-15-4-2-1-3-5-15)12-22-17(21)13-6-8-14(9-7-13)18-23-10-11-24-18/h1-9,18H,10-12H2,(H,19,20). The SMILES string of the molecule is O=C(COC(=O)c1ccc(C2SCCS2)cc1)Nc1ccccc1. The summed E-state index contributed by atoms with van der Waals surface area (Å²) >= 11 is 3.84. The maximum atomic E-state index is 12.0. The fraction of sp³-hybridized carbons (Fsp3) is 0.222. The Hall–Kier alpha value is -1.92. The van der Waals surface area contributed by atoms with E-state index in [4.69, 9.17) is 4.74 Å². The molecule has 2 aromatic rings. The zero-order valence-electron chi connectivity index (χ0n) is 12.9. The van der Waals surface area contributed by atoms with Crippen LogP contribution < -0.4 is 5.32 Å². The Morgan fingerprint density at radius 2 is 1.67 bits per heavy atom. The monoisotopic (exact) mass is 359 g/mol. The summed E-state index contributed by atoms with van der Waals surface area (Å²) in [6.45, 7) is -0.302. The molecule has 24 heavy (non-hydrogen) atoms. The van der Waals surface area contributed by atoms with E-state index in [1.165, 1.54) is 5.56 Å². The smallest absolute Gasteiger partial charge is 0.338 e. The van der Waals surface area contributed by atoms with E-state index in [0.29, 0.717) is 15.8 Å². The van der Waals surface area contributed by atoms with Crippen molar-refractivity contribution in [3.8, 4) is 0 Å². The van der Waals surface area contributed by atoms with Gasteiger partial charge in [0.05, 0.1) is 10.1 Å². The zero-order chi connectivity index (χ0) is 16.8. The zero-order valence-corrected chi connectivity index (χ0v) is 14.6. The largest absolute Gasteiger partial charge is 0.452 e. The number of hydrogen-bond acceptors (Lipinski definition) is 5. The average molecular weight is 359 g/mol. The van der Waals surface area contributed by atoms with E-state index in [-0.39, 0.29) is 12.5 Å². The van der Waals surface area contributed by atoms with E-state index in [1.807, 2.05) is 53.9 Å². The second-order valence-electron chi connectivity index (χ2n) is 5.19. The van der Waals surface area contributed by atoms with Crippen molar-refractivity contribution < 1.29 is 14.3 Å². The second kappa shape index (κ2) is 8.26. The number of ether oxygens (including phenoxy) is 1. The Morgan fingerprint density at radius 1 is 1.00 bits per heavy atom. The van der Waals surface area contributed by atoms with Gasteiger partial charge in [0, 0.05) is 17.2 Å². The first-order valence-electron chi connectivity index (χ1n) is 7.57. The lowest BCUT2D eigenvalue weighted by Gasteiger charge is -2.09. The first-order valence-corrected chi connectivity index (χ1v) is 9.67. The molecule has 1 heterocycles. The van der Waals surface area contributed by atoms with Gasteiger partial charge in [-0.15, -0.1) is 23.5 Å². The van der Waals surface area contributed by atoms with Crippen LogP contribution in [-0.4, -0.2) is 30.0 Å². The third-order valence-corrected chi connectivity index (χ3v) is 6.54. The normalized spacial score (nSPS) is 14.3. The highest BCUT2D eigenvalue weighted by Crippen LogP contribution is 2.45. The molecule has 0 aromatic heterocycles. The molecule has 1 fully saturated rings. The molecule has 0 spiro atoms. The summed E-state index contributed by atoms with van der Waals surface area (Å²) in [7, 11) is 0. The molecule has 1 N–H and O–H groups in total. The minimum atomic E-state index is -0.489. The number of benzene rings is 2. The molecule has 1 amide bonds. The van der Waals surface area contributed by atoms with Crippen LogP contribution in [0.3, 0.4) is 0 Å². The van der Waals surface area contributed by atoms with Gasteiger partial charge in [-0.2, -0.15) is 0 Å². The van der Waals surface area contributed by atoms with Gasteiger partial charge >= 0.3 is 5.97 Å². The lowest BCUT2D eigenvalue weighted by molar-refractivity contribution is -0.119. The summed E-state index contributed by atoms with van der Waals surface area (Å²) in [6.07, 6.45) is 0. The second-order valence-corrected chi connectivity index (χ2v) is 7.91. The molecule has 0 atom stereocenters. The number of nitrogens with one attached hydrogen (secondary N) is 1. The third-order valence-electron chi connectivity index (χ3n) is 3.43.